The van der Waals surface area contributed by atoms with Gasteiger partial charge in [-0.2, -0.15) is 0 Å². The fourth-order valence-corrected chi connectivity index (χ4v) is 2.63. The van der Waals surface area contributed by atoms with Crippen LogP contribution in [0.2, 0.25) is 0 Å². The number of rotatable bonds is 6. The normalized spacial score (nSPS) is 13.2. The summed E-state index contributed by atoms with van der Waals surface area (Å²) in [5.74, 6) is -0.361. The predicted octanol–water partition coefficient (Wildman–Crippen LogP) is 2.67. The molecule has 0 aromatic heterocycles. The van der Waals surface area contributed by atoms with Gasteiger partial charge in [0, 0.05) is 19.3 Å². The molecule has 1 amide bonds. The number of nitrogens with zero attached hydrogens (tertiary/aromatic N) is 1. The van der Waals surface area contributed by atoms with Crippen LogP contribution in [0.15, 0.2) is 54.6 Å². The van der Waals surface area contributed by atoms with E-state index in [4.69, 9.17) is 0 Å². The Bertz CT molecular complexity index is 626. The molecular weight excluding hydrogens is 288 g/mol. The first kappa shape index (κ1) is 17.0. The first-order valence-electron chi connectivity index (χ1n) is 7.84. The Morgan fingerprint density at radius 3 is 2.30 bits per heavy atom. The van der Waals surface area contributed by atoms with E-state index in [0.29, 0.717) is 6.54 Å². The van der Waals surface area contributed by atoms with Crippen LogP contribution in [-0.4, -0.2) is 30.7 Å². The second-order valence-corrected chi connectivity index (χ2v) is 5.64. The van der Waals surface area contributed by atoms with Crippen LogP contribution in [0.1, 0.15) is 24.1 Å². The van der Waals surface area contributed by atoms with Gasteiger partial charge in [-0.3, -0.25) is 4.79 Å². The van der Waals surface area contributed by atoms with Crippen LogP contribution in [0.4, 0.5) is 5.69 Å². The molecule has 4 nitrogen and oxygen atoms in total. The highest BCUT2D eigenvalue weighted by atomic mass is 16.3. The van der Waals surface area contributed by atoms with Gasteiger partial charge in [-0.1, -0.05) is 48.0 Å². The highest BCUT2D eigenvalue weighted by Crippen LogP contribution is 2.28. The van der Waals surface area contributed by atoms with Gasteiger partial charge in [-0.15, -0.1) is 0 Å². The summed E-state index contributed by atoms with van der Waals surface area (Å²) < 4.78 is 0. The predicted molar refractivity (Wildman–Crippen MR) is 93.5 cm³/mol. The Balaban J connectivity index is 2.36. The van der Waals surface area contributed by atoms with Gasteiger partial charge in [-0.25, -0.2) is 0 Å². The molecule has 0 aliphatic rings. The zero-order chi connectivity index (χ0) is 16.8. The molecule has 0 fully saturated rings. The lowest BCUT2D eigenvalue weighted by Crippen LogP contribution is -2.44. The lowest BCUT2D eigenvalue weighted by atomic mass is 9.98. The fraction of sp³-hybridized carbons (Fsp3) is 0.316. The molecule has 2 N–H and O–H groups in total. The number of nitrogens with one attached hydrogen (secondary N) is 1. The molecule has 23 heavy (non-hydrogen) atoms. The first-order chi connectivity index (χ1) is 11.0. The Morgan fingerprint density at radius 1 is 1.13 bits per heavy atom. The van der Waals surface area contributed by atoms with Gasteiger partial charge < -0.3 is 15.3 Å². The van der Waals surface area contributed by atoms with Crippen LogP contribution in [0, 0.1) is 6.92 Å². The van der Waals surface area contributed by atoms with Crippen LogP contribution in [0.5, 0.6) is 0 Å². The summed E-state index contributed by atoms with van der Waals surface area (Å²) in [6, 6.07) is 17.2. The maximum atomic E-state index is 12.2. The van der Waals surface area contributed by atoms with Crippen molar-refractivity contribution in [3.8, 4) is 0 Å². The average Bonchev–Trinajstić information content (AvgIpc) is 2.56. The van der Waals surface area contributed by atoms with Gasteiger partial charge in [0.15, 0.2) is 6.10 Å². The number of carbonyl (C=O) groups excluding carboxylic acids is 1. The number of carbonyl (C=O) groups is 1. The summed E-state index contributed by atoms with van der Waals surface area (Å²) in [5, 5.41) is 13.3. The van der Waals surface area contributed by atoms with E-state index in [1.54, 1.807) is 0 Å². The summed E-state index contributed by atoms with van der Waals surface area (Å²) in [7, 11) is 1.89. The molecule has 2 atom stereocenters. The Kier molecular flexibility index (Phi) is 5.77. The number of hydrogen-bond donors (Lipinski definition) is 2. The quantitative estimate of drug-likeness (QED) is 0.862. The van der Waals surface area contributed by atoms with Gasteiger partial charge in [0.2, 0.25) is 0 Å². The number of anilines is 1. The largest absolute Gasteiger partial charge is 0.381 e. The van der Waals surface area contributed by atoms with Crippen molar-refractivity contribution in [1.82, 2.24) is 5.32 Å². The van der Waals surface area contributed by atoms with E-state index in [1.165, 1.54) is 5.56 Å². The first-order valence-corrected chi connectivity index (χ1v) is 7.84. The minimum atomic E-state index is -1.15. The van der Waals surface area contributed by atoms with Crippen molar-refractivity contribution in [1.29, 1.82) is 0 Å². The van der Waals surface area contributed by atoms with Crippen molar-refractivity contribution in [2.45, 2.75) is 26.0 Å². The lowest BCUT2D eigenvalue weighted by molar-refractivity contribution is -0.130. The second kappa shape index (κ2) is 7.79. The highest BCUT2D eigenvalue weighted by Gasteiger charge is 2.30. The van der Waals surface area contributed by atoms with Crippen LogP contribution in [0.25, 0.3) is 0 Å². The van der Waals surface area contributed by atoms with Gasteiger partial charge in [0.1, 0.15) is 0 Å². The number of amides is 1. The zero-order valence-electron chi connectivity index (χ0n) is 13.9. The van der Waals surface area contributed by atoms with Crippen LogP contribution in [-0.2, 0) is 4.79 Å². The van der Waals surface area contributed by atoms with Crippen molar-refractivity contribution in [2.75, 3.05) is 18.5 Å². The summed E-state index contributed by atoms with van der Waals surface area (Å²) in [6.07, 6.45) is -1.15. The fourth-order valence-electron chi connectivity index (χ4n) is 2.63. The minimum Gasteiger partial charge on any atom is -0.381 e. The molecule has 2 aromatic carbocycles. The van der Waals surface area contributed by atoms with Crippen molar-refractivity contribution in [3.63, 3.8) is 0 Å². The number of aliphatic hydroxyl groups excluding tert-OH is 1. The van der Waals surface area contributed by atoms with Gasteiger partial charge in [0.25, 0.3) is 5.91 Å². The molecule has 0 heterocycles. The average molecular weight is 312 g/mol. The van der Waals surface area contributed by atoms with Crippen LogP contribution >= 0.6 is 0 Å². The smallest absolute Gasteiger partial charge is 0.251 e. The SMILES string of the molecule is CCNC(=O)C(O)C(c1ccccc1)N(C)c1ccc(C)cc1. The van der Waals surface area contributed by atoms with Crippen molar-refractivity contribution < 1.29 is 9.90 Å². The molecule has 0 spiro atoms. The Labute approximate surface area is 137 Å². The summed E-state index contributed by atoms with van der Waals surface area (Å²) in [5.41, 5.74) is 3.02. The molecule has 0 aliphatic carbocycles. The molecule has 2 rings (SSSR count). The summed E-state index contributed by atoms with van der Waals surface area (Å²) in [4.78, 5) is 14.1. The topological polar surface area (TPSA) is 52.6 Å². The third-order valence-electron chi connectivity index (χ3n) is 3.92. The Morgan fingerprint density at radius 2 is 1.74 bits per heavy atom. The summed E-state index contributed by atoms with van der Waals surface area (Å²) >= 11 is 0. The molecule has 0 aliphatic heterocycles. The molecule has 4 heteroatoms. The number of aliphatic hydroxyl groups is 1. The molecule has 0 saturated carbocycles. The van der Waals surface area contributed by atoms with Crippen LogP contribution in [0.3, 0.4) is 0 Å². The molecule has 122 valence electrons. The monoisotopic (exact) mass is 312 g/mol. The zero-order valence-corrected chi connectivity index (χ0v) is 13.9. The number of aryl methyl sites for hydroxylation is 1. The van der Waals surface area contributed by atoms with E-state index < -0.39 is 12.1 Å². The highest BCUT2D eigenvalue weighted by molar-refractivity contribution is 5.82. The number of hydrogen-bond acceptors (Lipinski definition) is 3. The van der Waals surface area contributed by atoms with Crippen molar-refractivity contribution in [3.05, 3.63) is 65.7 Å². The second-order valence-electron chi connectivity index (χ2n) is 5.64. The van der Waals surface area contributed by atoms with Gasteiger partial charge in [0.05, 0.1) is 6.04 Å². The van der Waals surface area contributed by atoms with Crippen molar-refractivity contribution in [2.24, 2.45) is 0 Å². The van der Waals surface area contributed by atoms with E-state index in [2.05, 4.69) is 5.32 Å². The molecule has 0 saturated heterocycles. The maximum absolute atomic E-state index is 12.2. The standard InChI is InChI=1S/C19H24N2O2/c1-4-20-19(23)18(22)17(15-8-6-5-7-9-15)21(3)16-12-10-14(2)11-13-16/h5-13,17-18,22H,4H2,1-3H3,(H,20,23). The van der Waals surface area contributed by atoms with E-state index in [1.807, 2.05) is 80.4 Å². The van der Waals surface area contributed by atoms with E-state index in [0.717, 1.165) is 11.3 Å². The molecular formula is C19H24N2O2. The van der Waals surface area contributed by atoms with Crippen molar-refractivity contribution >= 4 is 11.6 Å². The van der Waals surface area contributed by atoms with E-state index >= 15 is 0 Å². The molecule has 0 bridgehead atoms. The maximum Gasteiger partial charge on any atom is 0.251 e. The molecule has 0 radical (unpaired) electrons. The number of likely N-dealkylation sites (N-methyl/N-ethyl adjacent to an activating group) is 2. The molecule has 2 unspecified atom stereocenters. The number of benzene rings is 2. The van der Waals surface area contributed by atoms with Crippen LogP contribution < -0.4 is 10.2 Å². The molecule has 2 aromatic rings. The van der Waals surface area contributed by atoms with Gasteiger partial charge in [-0.05, 0) is 31.5 Å². The van der Waals surface area contributed by atoms with Gasteiger partial charge >= 0.3 is 0 Å². The lowest BCUT2D eigenvalue weighted by Gasteiger charge is -2.33. The Hall–Kier alpha value is -2.33. The summed E-state index contributed by atoms with van der Waals surface area (Å²) in [6.45, 7) is 4.36. The van der Waals surface area contributed by atoms with E-state index in [-0.39, 0.29) is 5.91 Å². The third-order valence-corrected chi connectivity index (χ3v) is 3.92. The van der Waals surface area contributed by atoms with E-state index in [9.17, 15) is 9.90 Å². The third kappa shape index (κ3) is 4.11. The minimum absolute atomic E-state index is 0.361.